The molecule has 0 bridgehead atoms. The van der Waals surface area contributed by atoms with E-state index in [2.05, 4.69) is 0 Å². The number of benzene rings is 2. The molecule has 4 heteroatoms. The van der Waals surface area contributed by atoms with Crippen molar-refractivity contribution >= 4 is 22.6 Å². The highest BCUT2D eigenvalue weighted by molar-refractivity contribution is 6.31. The maximum absolute atomic E-state index is 13.3. The summed E-state index contributed by atoms with van der Waals surface area (Å²) < 4.78 is 18.7. The Balaban J connectivity index is 1.93. The molecule has 0 spiro atoms. The third-order valence-electron chi connectivity index (χ3n) is 3.36. The first-order valence-electron chi connectivity index (χ1n) is 6.31. The summed E-state index contributed by atoms with van der Waals surface area (Å²) >= 11 is 6.07. The van der Waals surface area contributed by atoms with Crippen LogP contribution in [0.2, 0.25) is 5.02 Å². The van der Waals surface area contributed by atoms with E-state index in [0.717, 1.165) is 16.5 Å². The zero-order chi connectivity index (χ0) is 14.1. The van der Waals surface area contributed by atoms with Crippen molar-refractivity contribution < 1.29 is 8.81 Å². The Morgan fingerprint density at radius 1 is 1.20 bits per heavy atom. The molecular weight excluding hydrogens is 277 g/mol. The van der Waals surface area contributed by atoms with Crippen molar-refractivity contribution in [3.05, 3.63) is 70.7 Å². The molecule has 0 amide bonds. The molecule has 1 heterocycles. The van der Waals surface area contributed by atoms with Crippen LogP contribution in [0.1, 0.15) is 17.2 Å². The third-order valence-corrected chi connectivity index (χ3v) is 3.73. The molecule has 1 atom stereocenters. The van der Waals surface area contributed by atoms with Crippen LogP contribution in [-0.2, 0) is 6.42 Å². The van der Waals surface area contributed by atoms with Gasteiger partial charge in [0.15, 0.2) is 0 Å². The van der Waals surface area contributed by atoms with Crippen molar-refractivity contribution in [2.45, 2.75) is 12.5 Å². The normalized spacial score (nSPS) is 12.8. The van der Waals surface area contributed by atoms with Crippen molar-refractivity contribution in [1.29, 1.82) is 0 Å². The van der Waals surface area contributed by atoms with Gasteiger partial charge in [-0.25, -0.2) is 4.39 Å². The van der Waals surface area contributed by atoms with E-state index in [1.807, 2.05) is 24.3 Å². The number of para-hydroxylation sites is 1. The Kier molecular flexibility index (Phi) is 3.47. The van der Waals surface area contributed by atoms with Crippen molar-refractivity contribution in [2.24, 2.45) is 5.73 Å². The van der Waals surface area contributed by atoms with Crippen LogP contribution in [0.15, 0.2) is 53.1 Å². The fourth-order valence-corrected chi connectivity index (χ4v) is 2.53. The third kappa shape index (κ3) is 2.42. The molecule has 0 saturated heterocycles. The fourth-order valence-electron chi connectivity index (χ4n) is 2.33. The second-order valence-corrected chi connectivity index (χ2v) is 5.14. The Morgan fingerprint density at radius 3 is 2.85 bits per heavy atom. The predicted molar refractivity (Wildman–Crippen MR) is 78.3 cm³/mol. The molecular formula is C16H13ClFNO. The smallest absolute Gasteiger partial charge is 0.134 e. The van der Waals surface area contributed by atoms with Gasteiger partial charge >= 0.3 is 0 Å². The van der Waals surface area contributed by atoms with Crippen LogP contribution in [0, 0.1) is 5.82 Å². The van der Waals surface area contributed by atoms with E-state index >= 15 is 0 Å². The highest BCUT2D eigenvalue weighted by Crippen LogP contribution is 2.29. The van der Waals surface area contributed by atoms with E-state index < -0.39 is 0 Å². The van der Waals surface area contributed by atoms with Crippen LogP contribution in [0.25, 0.3) is 11.0 Å². The van der Waals surface area contributed by atoms with Gasteiger partial charge in [-0.3, -0.25) is 0 Å². The molecule has 2 aromatic carbocycles. The zero-order valence-electron chi connectivity index (χ0n) is 10.6. The van der Waals surface area contributed by atoms with Crippen LogP contribution < -0.4 is 5.73 Å². The Bertz CT molecular complexity index is 753. The number of fused-ring (bicyclic) bond motifs is 1. The molecule has 1 unspecified atom stereocenters. The van der Waals surface area contributed by atoms with Crippen molar-refractivity contribution in [3.63, 3.8) is 0 Å². The van der Waals surface area contributed by atoms with Crippen molar-refractivity contribution in [3.8, 4) is 0 Å². The molecule has 1 aromatic heterocycles. The predicted octanol–water partition coefficient (Wildman–Crippen LogP) is 4.47. The molecule has 0 radical (unpaired) electrons. The summed E-state index contributed by atoms with van der Waals surface area (Å²) in [5, 5.41) is 1.50. The summed E-state index contributed by atoms with van der Waals surface area (Å²) in [5.74, 6) is -0.311. The van der Waals surface area contributed by atoms with E-state index in [0.29, 0.717) is 17.0 Å². The van der Waals surface area contributed by atoms with Gasteiger partial charge in [0.25, 0.3) is 0 Å². The molecule has 2 nitrogen and oxygen atoms in total. The maximum atomic E-state index is 13.3. The number of halogens is 2. The summed E-state index contributed by atoms with van der Waals surface area (Å²) in [7, 11) is 0. The second kappa shape index (κ2) is 5.27. The van der Waals surface area contributed by atoms with Crippen LogP contribution in [0.5, 0.6) is 0 Å². The molecule has 3 rings (SSSR count). The molecule has 0 fully saturated rings. The Labute approximate surface area is 121 Å². The van der Waals surface area contributed by atoms with Gasteiger partial charge in [-0.1, -0.05) is 29.8 Å². The minimum Gasteiger partial charge on any atom is -0.464 e. The molecule has 102 valence electrons. The average molecular weight is 290 g/mol. The molecule has 0 aliphatic rings. The minimum absolute atomic E-state index is 0.294. The van der Waals surface area contributed by atoms with E-state index in [1.54, 1.807) is 12.3 Å². The first kappa shape index (κ1) is 13.2. The van der Waals surface area contributed by atoms with Crippen molar-refractivity contribution in [1.82, 2.24) is 0 Å². The number of nitrogens with two attached hydrogens (primary N) is 1. The zero-order valence-corrected chi connectivity index (χ0v) is 11.4. The SMILES string of the molecule is NC(Cc1cc(F)ccc1Cl)c1coc2ccccc12. The van der Waals surface area contributed by atoms with E-state index in [1.165, 1.54) is 12.1 Å². The van der Waals surface area contributed by atoms with Gasteiger partial charge in [0, 0.05) is 22.0 Å². The highest BCUT2D eigenvalue weighted by Gasteiger charge is 2.15. The summed E-state index contributed by atoms with van der Waals surface area (Å²) in [6.45, 7) is 0. The lowest BCUT2D eigenvalue weighted by Gasteiger charge is -2.11. The quantitative estimate of drug-likeness (QED) is 0.773. The van der Waals surface area contributed by atoms with Gasteiger partial charge < -0.3 is 10.2 Å². The van der Waals surface area contributed by atoms with Crippen LogP contribution in [0.4, 0.5) is 4.39 Å². The Hall–Kier alpha value is -1.84. The van der Waals surface area contributed by atoms with Gasteiger partial charge in [0.2, 0.25) is 0 Å². The number of hydrogen-bond acceptors (Lipinski definition) is 2. The number of rotatable bonds is 3. The maximum Gasteiger partial charge on any atom is 0.134 e. The first-order valence-corrected chi connectivity index (χ1v) is 6.68. The van der Waals surface area contributed by atoms with Crippen LogP contribution in [-0.4, -0.2) is 0 Å². The fraction of sp³-hybridized carbons (Fsp3) is 0.125. The molecule has 0 aliphatic carbocycles. The molecule has 0 aliphatic heterocycles. The van der Waals surface area contributed by atoms with Crippen LogP contribution >= 0.6 is 11.6 Å². The van der Waals surface area contributed by atoms with E-state index in [9.17, 15) is 4.39 Å². The summed E-state index contributed by atoms with van der Waals surface area (Å²) in [4.78, 5) is 0. The van der Waals surface area contributed by atoms with Gasteiger partial charge in [-0.05, 0) is 36.2 Å². The lowest BCUT2D eigenvalue weighted by atomic mass is 9.99. The molecule has 3 aromatic rings. The molecule has 2 N–H and O–H groups in total. The number of furan rings is 1. The number of hydrogen-bond donors (Lipinski definition) is 1. The lowest BCUT2D eigenvalue weighted by molar-refractivity contribution is 0.597. The lowest BCUT2D eigenvalue weighted by Crippen LogP contribution is -2.13. The second-order valence-electron chi connectivity index (χ2n) is 4.73. The average Bonchev–Trinajstić information content (AvgIpc) is 2.87. The van der Waals surface area contributed by atoms with Crippen LogP contribution in [0.3, 0.4) is 0 Å². The monoisotopic (exact) mass is 289 g/mol. The summed E-state index contributed by atoms with van der Waals surface area (Å²) in [6.07, 6.45) is 2.11. The van der Waals surface area contributed by atoms with Crippen molar-refractivity contribution in [2.75, 3.05) is 0 Å². The molecule has 0 saturated carbocycles. The minimum atomic E-state index is -0.311. The topological polar surface area (TPSA) is 39.2 Å². The standard InChI is InChI=1S/C16H13ClFNO/c17-14-6-5-11(18)7-10(14)8-15(19)13-9-20-16-4-2-1-3-12(13)16/h1-7,9,15H,8,19H2. The van der Waals surface area contributed by atoms with Gasteiger partial charge in [0.05, 0.1) is 6.26 Å². The van der Waals surface area contributed by atoms with Gasteiger partial charge in [-0.15, -0.1) is 0 Å². The van der Waals surface area contributed by atoms with Gasteiger partial charge in [0.1, 0.15) is 11.4 Å². The molecule has 20 heavy (non-hydrogen) atoms. The largest absolute Gasteiger partial charge is 0.464 e. The highest BCUT2D eigenvalue weighted by atomic mass is 35.5. The summed E-state index contributed by atoms with van der Waals surface area (Å²) in [6, 6.07) is 11.7. The first-order chi connectivity index (χ1) is 9.65. The van der Waals surface area contributed by atoms with E-state index in [-0.39, 0.29) is 11.9 Å². The van der Waals surface area contributed by atoms with E-state index in [4.69, 9.17) is 21.8 Å². The summed E-state index contributed by atoms with van der Waals surface area (Å²) in [5.41, 5.74) is 8.61. The Morgan fingerprint density at radius 2 is 2.00 bits per heavy atom. The van der Waals surface area contributed by atoms with Gasteiger partial charge in [-0.2, -0.15) is 0 Å².